The summed E-state index contributed by atoms with van der Waals surface area (Å²) in [6, 6.07) is 20.5. The van der Waals surface area contributed by atoms with E-state index in [1.54, 1.807) is 72.8 Å². The van der Waals surface area contributed by atoms with Crippen molar-refractivity contribution >= 4 is 49.6 Å². The van der Waals surface area contributed by atoms with E-state index in [9.17, 15) is 19.8 Å². The van der Waals surface area contributed by atoms with Gasteiger partial charge >= 0.3 is 12.1 Å². The highest BCUT2D eigenvalue weighted by atomic mass is 79.9. The molecule has 0 aromatic heterocycles. The van der Waals surface area contributed by atoms with E-state index in [1.165, 1.54) is 6.08 Å². The van der Waals surface area contributed by atoms with Crippen molar-refractivity contribution in [2.45, 2.75) is 12.2 Å². The van der Waals surface area contributed by atoms with Gasteiger partial charge in [-0.15, -0.1) is 0 Å². The summed E-state index contributed by atoms with van der Waals surface area (Å²) in [5, 5.41) is 22.5. The molecule has 2 atom stereocenters. The Hall–Kier alpha value is -3.30. The summed E-state index contributed by atoms with van der Waals surface area (Å²) in [4.78, 5) is 24.0. The van der Waals surface area contributed by atoms with Crippen molar-refractivity contribution in [2.75, 3.05) is 5.32 Å². The van der Waals surface area contributed by atoms with Crippen LogP contribution in [0.4, 0.5) is 10.5 Å². The highest BCUT2D eigenvalue weighted by Crippen LogP contribution is 2.39. The van der Waals surface area contributed by atoms with E-state index >= 15 is 0 Å². The van der Waals surface area contributed by atoms with Crippen LogP contribution in [-0.4, -0.2) is 28.4 Å². The van der Waals surface area contributed by atoms with Gasteiger partial charge in [-0.05, 0) is 58.4 Å². The lowest BCUT2D eigenvalue weighted by molar-refractivity contribution is -0.131. The molecule has 0 aliphatic heterocycles. The van der Waals surface area contributed by atoms with Gasteiger partial charge in [-0.1, -0.05) is 52.3 Å². The third-order valence-corrected chi connectivity index (χ3v) is 5.42. The number of anilines is 1. The summed E-state index contributed by atoms with van der Waals surface area (Å²) in [5.41, 5.74) is 0.706. The minimum Gasteiger partial charge on any atom is -0.506 e. The second kappa shape index (κ2) is 11.5. The smallest absolute Gasteiger partial charge is 0.412 e. The lowest BCUT2D eigenvalue weighted by Crippen LogP contribution is -2.30. The third kappa shape index (κ3) is 7.10. The number of benzene rings is 3. The van der Waals surface area contributed by atoms with E-state index in [0.717, 1.165) is 6.08 Å². The lowest BCUT2D eigenvalue weighted by Gasteiger charge is -2.27. The summed E-state index contributed by atoms with van der Waals surface area (Å²) in [5.74, 6) is -0.965. The molecule has 3 aromatic rings. The van der Waals surface area contributed by atoms with E-state index < -0.39 is 24.3 Å². The van der Waals surface area contributed by atoms with E-state index in [1.807, 2.05) is 0 Å². The Kier molecular flexibility index (Phi) is 8.51. The van der Waals surface area contributed by atoms with Crippen LogP contribution in [-0.2, 0) is 9.53 Å². The molecular formula is C24H19Br2NO6. The standard InChI is InChI=1S/C24H19Br2NO6/c25-15-13-18(22(30)19(26)14-15)23(33-24(31)27-16-7-3-1-4-8-16)20(11-12-21(28)29)32-17-9-5-2-6-10-17/h1-14,20,23,30H,(H,27,31)(H,28,29)/b12-11+/t20-,23-/m1/s1. The number of hydrogen-bond acceptors (Lipinski definition) is 5. The van der Waals surface area contributed by atoms with Crippen molar-refractivity contribution in [1.29, 1.82) is 0 Å². The zero-order chi connectivity index (χ0) is 23.8. The Balaban J connectivity index is 2.02. The molecule has 7 nitrogen and oxygen atoms in total. The van der Waals surface area contributed by atoms with Crippen LogP contribution in [0.5, 0.6) is 11.5 Å². The Morgan fingerprint density at radius 1 is 0.970 bits per heavy atom. The van der Waals surface area contributed by atoms with E-state index in [0.29, 0.717) is 20.4 Å². The maximum atomic E-state index is 12.7. The SMILES string of the molecule is O=C(O)/C=C/[C@@H](Oc1ccccc1)[C@H](OC(=O)Nc1ccccc1)c1cc(Br)cc(Br)c1O. The zero-order valence-corrected chi connectivity index (χ0v) is 20.2. The topological polar surface area (TPSA) is 105 Å². The lowest BCUT2D eigenvalue weighted by atomic mass is 10.0. The van der Waals surface area contributed by atoms with Gasteiger partial charge in [0.05, 0.1) is 4.47 Å². The summed E-state index contributed by atoms with van der Waals surface area (Å²) in [6.45, 7) is 0. The predicted octanol–water partition coefficient (Wildman–Crippen LogP) is 6.30. The molecule has 0 radical (unpaired) electrons. The van der Waals surface area contributed by atoms with Gasteiger partial charge < -0.3 is 19.7 Å². The van der Waals surface area contributed by atoms with Gasteiger partial charge in [0, 0.05) is 21.8 Å². The number of amides is 1. The van der Waals surface area contributed by atoms with Crippen LogP contribution in [0.3, 0.4) is 0 Å². The summed E-state index contributed by atoms with van der Waals surface area (Å²) >= 11 is 6.64. The van der Waals surface area contributed by atoms with Crippen LogP contribution in [0.2, 0.25) is 0 Å². The van der Waals surface area contributed by atoms with Crippen molar-refractivity contribution in [2.24, 2.45) is 0 Å². The second-order valence-electron chi connectivity index (χ2n) is 6.74. The van der Waals surface area contributed by atoms with Crippen LogP contribution in [0.15, 0.2) is 93.9 Å². The van der Waals surface area contributed by atoms with E-state index in [2.05, 4.69) is 37.2 Å². The number of hydrogen-bond donors (Lipinski definition) is 3. The molecule has 0 aliphatic carbocycles. The van der Waals surface area contributed by atoms with Gasteiger partial charge in [-0.2, -0.15) is 0 Å². The Bertz CT molecular complexity index is 1140. The highest BCUT2D eigenvalue weighted by molar-refractivity contribution is 9.11. The number of carbonyl (C=O) groups is 2. The second-order valence-corrected chi connectivity index (χ2v) is 8.51. The van der Waals surface area contributed by atoms with Crippen LogP contribution in [0.1, 0.15) is 11.7 Å². The van der Waals surface area contributed by atoms with Gasteiger partial charge in [0.15, 0.2) is 12.2 Å². The fraction of sp³-hybridized carbons (Fsp3) is 0.0833. The first-order chi connectivity index (χ1) is 15.8. The van der Waals surface area contributed by atoms with Gasteiger partial charge in [-0.25, -0.2) is 9.59 Å². The molecule has 0 saturated heterocycles. The van der Waals surface area contributed by atoms with Crippen LogP contribution < -0.4 is 10.1 Å². The number of ether oxygens (including phenoxy) is 2. The minimum atomic E-state index is -1.21. The first-order valence-corrected chi connectivity index (χ1v) is 11.3. The molecule has 3 N–H and O–H groups in total. The summed E-state index contributed by atoms with van der Waals surface area (Å²) in [7, 11) is 0. The monoisotopic (exact) mass is 575 g/mol. The van der Waals surface area contributed by atoms with Crippen molar-refractivity contribution in [3.63, 3.8) is 0 Å². The number of para-hydroxylation sites is 2. The molecule has 0 heterocycles. The quantitative estimate of drug-likeness (QED) is 0.272. The number of carbonyl (C=O) groups excluding carboxylic acids is 1. The largest absolute Gasteiger partial charge is 0.506 e. The number of rotatable bonds is 8. The number of halogens is 2. The molecule has 0 unspecified atom stereocenters. The first-order valence-electron chi connectivity index (χ1n) is 9.67. The zero-order valence-electron chi connectivity index (χ0n) is 17.0. The van der Waals surface area contributed by atoms with E-state index in [-0.39, 0.29) is 11.3 Å². The molecule has 170 valence electrons. The summed E-state index contributed by atoms with van der Waals surface area (Å²) < 4.78 is 12.6. The average molecular weight is 577 g/mol. The number of phenols is 1. The fourth-order valence-corrected chi connectivity index (χ4v) is 4.19. The number of carboxylic acids is 1. The van der Waals surface area contributed by atoms with Crippen molar-refractivity contribution in [3.8, 4) is 11.5 Å². The maximum Gasteiger partial charge on any atom is 0.412 e. The number of aliphatic carboxylic acids is 1. The van der Waals surface area contributed by atoms with Crippen molar-refractivity contribution in [3.05, 3.63) is 99.5 Å². The van der Waals surface area contributed by atoms with Crippen LogP contribution in [0.25, 0.3) is 0 Å². The molecule has 0 saturated carbocycles. The van der Waals surface area contributed by atoms with Crippen molar-refractivity contribution in [1.82, 2.24) is 0 Å². The molecule has 0 aliphatic rings. The Morgan fingerprint density at radius 3 is 2.24 bits per heavy atom. The summed E-state index contributed by atoms with van der Waals surface area (Å²) in [6.07, 6.45) is -0.963. The molecule has 0 bridgehead atoms. The Labute approximate surface area is 206 Å². The number of carboxylic acid groups (broad SMARTS) is 1. The maximum absolute atomic E-state index is 12.7. The normalized spacial score (nSPS) is 12.7. The molecule has 9 heteroatoms. The molecular weight excluding hydrogens is 558 g/mol. The first kappa shape index (κ1) is 24.3. The van der Waals surface area contributed by atoms with Crippen LogP contribution >= 0.6 is 31.9 Å². The molecule has 0 fully saturated rings. The molecule has 33 heavy (non-hydrogen) atoms. The molecule has 1 amide bonds. The van der Waals surface area contributed by atoms with Gasteiger partial charge in [0.1, 0.15) is 11.5 Å². The fourth-order valence-electron chi connectivity index (χ4n) is 2.93. The van der Waals surface area contributed by atoms with E-state index in [4.69, 9.17) is 9.47 Å². The molecule has 3 aromatic carbocycles. The van der Waals surface area contributed by atoms with Gasteiger partial charge in [0.2, 0.25) is 0 Å². The van der Waals surface area contributed by atoms with Gasteiger partial charge in [-0.3, -0.25) is 5.32 Å². The minimum absolute atomic E-state index is 0.180. The number of nitrogens with one attached hydrogen (secondary N) is 1. The Morgan fingerprint density at radius 2 is 1.61 bits per heavy atom. The predicted molar refractivity (Wildman–Crippen MR) is 130 cm³/mol. The van der Waals surface area contributed by atoms with Crippen LogP contribution in [0, 0.1) is 0 Å². The molecule has 3 rings (SSSR count). The van der Waals surface area contributed by atoms with Gasteiger partial charge in [0.25, 0.3) is 0 Å². The molecule has 0 spiro atoms. The number of phenolic OH excluding ortho intramolecular Hbond substituents is 1. The third-order valence-electron chi connectivity index (χ3n) is 4.36. The highest BCUT2D eigenvalue weighted by Gasteiger charge is 2.31. The number of aromatic hydroxyl groups is 1. The average Bonchev–Trinajstić information content (AvgIpc) is 2.79. The van der Waals surface area contributed by atoms with Crippen molar-refractivity contribution < 1.29 is 29.3 Å².